The van der Waals surface area contributed by atoms with Crippen LogP contribution >= 0.6 is 11.6 Å². The lowest BCUT2D eigenvalue weighted by molar-refractivity contribution is 0.482. The smallest absolute Gasteiger partial charge is 0.130 e. The summed E-state index contributed by atoms with van der Waals surface area (Å²) in [5, 5.41) is 0.689. The molecule has 0 bridgehead atoms. The van der Waals surface area contributed by atoms with Crippen molar-refractivity contribution >= 4 is 17.4 Å². The van der Waals surface area contributed by atoms with Crippen molar-refractivity contribution in [3.8, 4) is 34.0 Å². The Labute approximate surface area is 196 Å². The van der Waals surface area contributed by atoms with E-state index in [0.717, 1.165) is 45.3 Å². The maximum Gasteiger partial charge on any atom is 0.130 e. The first-order valence-electron chi connectivity index (χ1n) is 10.5. The molecule has 0 saturated carbocycles. The van der Waals surface area contributed by atoms with Crippen molar-refractivity contribution < 1.29 is 4.74 Å². The second-order valence-corrected chi connectivity index (χ2v) is 8.01. The van der Waals surface area contributed by atoms with Crippen LogP contribution in [0.25, 0.3) is 22.5 Å². The van der Waals surface area contributed by atoms with Crippen molar-refractivity contribution in [2.45, 2.75) is 6.42 Å². The third-order valence-corrected chi connectivity index (χ3v) is 5.62. The first-order valence-corrected chi connectivity index (χ1v) is 10.9. The molecule has 0 aliphatic rings. The van der Waals surface area contributed by atoms with Gasteiger partial charge in [0.2, 0.25) is 0 Å². The molecule has 0 fully saturated rings. The van der Waals surface area contributed by atoms with E-state index < -0.39 is 0 Å². The van der Waals surface area contributed by atoms with Crippen LogP contribution in [0.15, 0.2) is 97.3 Å². The molecular formula is C27H21ClN4O. The number of nitrogens with two attached hydrogens (primary N) is 1. The highest BCUT2D eigenvalue weighted by atomic mass is 35.5. The molecule has 0 unspecified atom stereocenters. The molecule has 5 aromatic rings. The summed E-state index contributed by atoms with van der Waals surface area (Å²) in [6.07, 6.45) is 4.04. The molecular weight excluding hydrogens is 432 g/mol. The average molecular weight is 453 g/mol. The zero-order valence-electron chi connectivity index (χ0n) is 17.7. The van der Waals surface area contributed by atoms with E-state index >= 15 is 0 Å². The van der Waals surface area contributed by atoms with Crippen LogP contribution < -0.4 is 10.5 Å². The third kappa shape index (κ3) is 4.73. The van der Waals surface area contributed by atoms with Crippen molar-refractivity contribution in [3.05, 3.63) is 114 Å². The highest BCUT2D eigenvalue weighted by Crippen LogP contribution is 2.35. The second kappa shape index (κ2) is 9.18. The Balaban J connectivity index is 1.49. The first-order chi connectivity index (χ1) is 16.2. The van der Waals surface area contributed by atoms with Crippen LogP contribution in [0.3, 0.4) is 0 Å². The van der Waals surface area contributed by atoms with E-state index in [1.807, 2.05) is 72.8 Å². The highest BCUT2D eigenvalue weighted by molar-refractivity contribution is 6.33. The van der Waals surface area contributed by atoms with Gasteiger partial charge in [0.1, 0.15) is 17.3 Å². The molecule has 0 saturated heterocycles. The number of hydrogen-bond donors (Lipinski definition) is 2. The van der Waals surface area contributed by atoms with E-state index in [1.54, 1.807) is 18.5 Å². The minimum atomic E-state index is 0.507. The molecule has 6 heteroatoms. The Kier molecular flexibility index (Phi) is 5.79. The van der Waals surface area contributed by atoms with Crippen LogP contribution in [-0.2, 0) is 6.42 Å². The van der Waals surface area contributed by atoms with E-state index in [2.05, 4.69) is 21.0 Å². The number of H-pyrrole nitrogens is 1. The number of ether oxygens (including phenoxy) is 1. The van der Waals surface area contributed by atoms with Gasteiger partial charge in [0, 0.05) is 40.8 Å². The van der Waals surface area contributed by atoms with Crippen LogP contribution in [-0.4, -0.2) is 15.0 Å². The molecule has 3 heterocycles. The summed E-state index contributed by atoms with van der Waals surface area (Å²) in [5.41, 5.74) is 11.8. The number of aromatic amines is 1. The predicted molar refractivity (Wildman–Crippen MR) is 132 cm³/mol. The fraction of sp³-hybridized carbons (Fsp3) is 0.0370. The lowest BCUT2D eigenvalue weighted by Crippen LogP contribution is -1.97. The molecule has 5 rings (SSSR count). The summed E-state index contributed by atoms with van der Waals surface area (Å²) in [6.45, 7) is 0. The number of aromatic nitrogens is 3. The summed E-state index contributed by atoms with van der Waals surface area (Å²) < 4.78 is 5.89. The van der Waals surface area contributed by atoms with E-state index in [-0.39, 0.29) is 0 Å². The molecule has 3 N–H and O–H groups in total. The fourth-order valence-corrected chi connectivity index (χ4v) is 3.96. The van der Waals surface area contributed by atoms with Crippen molar-refractivity contribution in [2.24, 2.45) is 0 Å². The van der Waals surface area contributed by atoms with Crippen molar-refractivity contribution in [1.82, 2.24) is 15.0 Å². The van der Waals surface area contributed by atoms with E-state index in [9.17, 15) is 0 Å². The van der Waals surface area contributed by atoms with Crippen LogP contribution in [0, 0.1) is 0 Å². The van der Waals surface area contributed by atoms with Gasteiger partial charge >= 0.3 is 0 Å². The monoisotopic (exact) mass is 452 g/mol. The quantitative estimate of drug-likeness (QED) is 0.298. The van der Waals surface area contributed by atoms with Gasteiger partial charge in [-0.15, -0.1) is 0 Å². The maximum atomic E-state index is 6.54. The molecule has 0 radical (unpaired) electrons. The molecule has 33 heavy (non-hydrogen) atoms. The number of hydrogen-bond acceptors (Lipinski definition) is 4. The Bertz CT molecular complexity index is 1380. The number of rotatable bonds is 6. The van der Waals surface area contributed by atoms with Gasteiger partial charge in [-0.2, -0.15) is 0 Å². The van der Waals surface area contributed by atoms with Gasteiger partial charge < -0.3 is 15.5 Å². The summed E-state index contributed by atoms with van der Waals surface area (Å²) in [7, 11) is 0. The molecule has 5 nitrogen and oxygen atoms in total. The molecule has 0 atom stereocenters. The van der Waals surface area contributed by atoms with Crippen molar-refractivity contribution in [1.29, 1.82) is 0 Å². The van der Waals surface area contributed by atoms with Gasteiger partial charge in [0.15, 0.2) is 0 Å². The Morgan fingerprint density at radius 1 is 0.848 bits per heavy atom. The number of benzene rings is 2. The molecule has 2 aromatic carbocycles. The SMILES string of the molecule is Nc1cccc(Cc2cc(-c3ccc(Oc4ccncc4)cc3)[nH]c2-c2ccccc2Cl)n1. The van der Waals surface area contributed by atoms with Gasteiger partial charge in [-0.05, 0) is 71.8 Å². The zero-order chi connectivity index (χ0) is 22.6. The third-order valence-electron chi connectivity index (χ3n) is 5.29. The van der Waals surface area contributed by atoms with Gasteiger partial charge in [-0.25, -0.2) is 4.98 Å². The lowest BCUT2D eigenvalue weighted by atomic mass is 10.0. The Morgan fingerprint density at radius 2 is 1.61 bits per heavy atom. The van der Waals surface area contributed by atoms with E-state index in [0.29, 0.717) is 17.3 Å². The minimum Gasteiger partial charge on any atom is -0.457 e. The van der Waals surface area contributed by atoms with Crippen molar-refractivity contribution in [3.63, 3.8) is 0 Å². The van der Waals surface area contributed by atoms with Crippen LogP contribution in [0.1, 0.15) is 11.3 Å². The largest absolute Gasteiger partial charge is 0.457 e. The molecule has 0 aliphatic heterocycles. The van der Waals surface area contributed by atoms with E-state index in [4.69, 9.17) is 22.1 Å². The maximum absolute atomic E-state index is 6.54. The van der Waals surface area contributed by atoms with Gasteiger partial charge in [0.05, 0.1) is 5.69 Å². The van der Waals surface area contributed by atoms with Gasteiger partial charge in [0.25, 0.3) is 0 Å². The zero-order valence-corrected chi connectivity index (χ0v) is 18.5. The summed E-state index contributed by atoms with van der Waals surface area (Å²) in [6, 6.07) is 27.2. The van der Waals surface area contributed by atoms with E-state index in [1.165, 1.54) is 0 Å². The topological polar surface area (TPSA) is 76.8 Å². The summed E-state index contributed by atoms with van der Waals surface area (Å²) in [4.78, 5) is 12.0. The molecule has 0 aliphatic carbocycles. The molecule has 0 amide bonds. The lowest BCUT2D eigenvalue weighted by Gasteiger charge is -2.07. The minimum absolute atomic E-state index is 0.507. The van der Waals surface area contributed by atoms with Crippen LogP contribution in [0.4, 0.5) is 5.82 Å². The number of pyridine rings is 2. The number of nitrogens with zero attached hydrogens (tertiary/aromatic N) is 2. The number of nitrogens with one attached hydrogen (secondary N) is 1. The number of anilines is 1. The van der Waals surface area contributed by atoms with Crippen molar-refractivity contribution in [2.75, 3.05) is 5.73 Å². The van der Waals surface area contributed by atoms with Gasteiger partial charge in [-0.3, -0.25) is 4.98 Å². The number of nitrogen functional groups attached to an aromatic ring is 1. The summed E-state index contributed by atoms with van der Waals surface area (Å²) >= 11 is 6.54. The normalized spacial score (nSPS) is 10.8. The molecule has 162 valence electrons. The van der Waals surface area contributed by atoms with Crippen LogP contribution in [0.5, 0.6) is 11.5 Å². The standard InChI is InChI=1S/C27H21ClN4O/c28-24-6-2-1-5-23(24)27-19(16-20-4-3-7-26(29)31-20)17-25(32-27)18-8-10-21(11-9-18)33-22-12-14-30-15-13-22/h1-15,17,32H,16H2,(H2,29,31). The number of halogens is 1. The molecule has 3 aromatic heterocycles. The highest BCUT2D eigenvalue weighted by Gasteiger charge is 2.15. The fourth-order valence-electron chi connectivity index (χ4n) is 3.73. The van der Waals surface area contributed by atoms with Gasteiger partial charge in [-0.1, -0.05) is 35.9 Å². The second-order valence-electron chi connectivity index (χ2n) is 7.60. The Hall–Kier alpha value is -4.09. The Morgan fingerprint density at radius 3 is 2.36 bits per heavy atom. The van der Waals surface area contributed by atoms with Crippen LogP contribution in [0.2, 0.25) is 5.02 Å². The summed E-state index contributed by atoms with van der Waals surface area (Å²) in [5.74, 6) is 2.01. The predicted octanol–water partition coefficient (Wildman–Crippen LogP) is 6.76. The molecule has 0 spiro atoms. The first kappa shape index (κ1) is 20.8. The average Bonchev–Trinajstić information content (AvgIpc) is 3.24.